The van der Waals surface area contributed by atoms with Gasteiger partial charge in [0, 0.05) is 6.04 Å². The molecule has 0 bridgehead atoms. The number of aryl methyl sites for hydroxylation is 1. The second-order valence-corrected chi connectivity index (χ2v) is 6.85. The minimum atomic E-state index is 0.0124. The molecule has 20 heavy (non-hydrogen) atoms. The Bertz CT molecular complexity index is 562. The molecule has 1 saturated carbocycles. The lowest BCUT2D eigenvalue weighted by Gasteiger charge is -2.20. The van der Waals surface area contributed by atoms with Crippen LogP contribution in [0.3, 0.4) is 0 Å². The van der Waals surface area contributed by atoms with Crippen LogP contribution in [0.4, 0.5) is 0 Å². The molecular weight excluding hydrogens is 270 g/mol. The zero-order valence-corrected chi connectivity index (χ0v) is 12.7. The van der Waals surface area contributed by atoms with E-state index in [1.807, 2.05) is 13.0 Å². The monoisotopic (exact) mass is 291 g/mol. The third-order valence-corrected chi connectivity index (χ3v) is 4.88. The minimum Gasteiger partial charge on any atom is -0.348 e. The highest BCUT2D eigenvalue weighted by molar-refractivity contribution is 7.18. The summed E-state index contributed by atoms with van der Waals surface area (Å²) in [6.45, 7) is 1.98. The summed E-state index contributed by atoms with van der Waals surface area (Å²) in [5.41, 5.74) is 1.54. The maximum atomic E-state index is 12.3. The molecule has 0 aliphatic heterocycles. The summed E-state index contributed by atoms with van der Waals surface area (Å²) in [7, 11) is 0. The molecule has 0 unspecified atom stereocenters. The van der Waals surface area contributed by atoms with Crippen LogP contribution in [0.15, 0.2) is 6.07 Å². The van der Waals surface area contributed by atoms with E-state index in [0.29, 0.717) is 11.7 Å². The third-order valence-electron chi connectivity index (χ3n) is 3.97. The number of amides is 1. The number of rotatable bonds is 2. The fourth-order valence-corrected chi connectivity index (χ4v) is 3.72. The van der Waals surface area contributed by atoms with Gasteiger partial charge in [-0.2, -0.15) is 0 Å². The zero-order valence-electron chi connectivity index (χ0n) is 11.9. The quantitative estimate of drug-likeness (QED) is 0.884. The molecule has 0 aromatic carbocycles. The molecular formula is C15H21N3OS. The van der Waals surface area contributed by atoms with Gasteiger partial charge in [0.05, 0.1) is 5.01 Å². The molecule has 2 N–H and O–H groups in total. The molecule has 0 atom stereocenters. The van der Waals surface area contributed by atoms with Crippen LogP contribution in [0, 0.1) is 6.92 Å². The smallest absolute Gasteiger partial charge is 0.268 e. The second kappa shape index (κ2) is 5.95. The van der Waals surface area contributed by atoms with Crippen LogP contribution in [0.25, 0.3) is 10.3 Å². The van der Waals surface area contributed by atoms with E-state index in [1.165, 1.54) is 32.1 Å². The first-order valence-electron chi connectivity index (χ1n) is 7.49. The van der Waals surface area contributed by atoms with E-state index in [2.05, 4.69) is 15.3 Å². The number of thiazole rings is 1. The molecule has 0 radical (unpaired) electrons. The van der Waals surface area contributed by atoms with Crippen molar-refractivity contribution in [3.63, 3.8) is 0 Å². The maximum Gasteiger partial charge on any atom is 0.268 e. The number of aromatic nitrogens is 2. The topological polar surface area (TPSA) is 57.8 Å². The zero-order chi connectivity index (χ0) is 13.9. The molecule has 2 heterocycles. The van der Waals surface area contributed by atoms with Gasteiger partial charge in [0.2, 0.25) is 0 Å². The number of fused-ring (bicyclic) bond motifs is 1. The number of nitrogens with zero attached hydrogens (tertiary/aromatic N) is 1. The Kier molecular flexibility index (Phi) is 4.05. The number of carbonyl (C=O) groups excluding carboxylic acids is 1. The Morgan fingerprint density at radius 3 is 2.70 bits per heavy atom. The van der Waals surface area contributed by atoms with Gasteiger partial charge in [-0.25, -0.2) is 4.98 Å². The summed E-state index contributed by atoms with van der Waals surface area (Å²) in [6.07, 6.45) is 8.62. The van der Waals surface area contributed by atoms with Crippen molar-refractivity contribution in [1.82, 2.24) is 15.3 Å². The van der Waals surface area contributed by atoms with Gasteiger partial charge < -0.3 is 10.3 Å². The van der Waals surface area contributed by atoms with Crippen molar-refractivity contribution in [2.45, 2.75) is 57.9 Å². The van der Waals surface area contributed by atoms with Gasteiger partial charge >= 0.3 is 0 Å². The summed E-state index contributed by atoms with van der Waals surface area (Å²) in [5.74, 6) is 0.0124. The van der Waals surface area contributed by atoms with Crippen molar-refractivity contribution < 1.29 is 4.79 Å². The van der Waals surface area contributed by atoms with Gasteiger partial charge in [0.15, 0.2) is 0 Å². The predicted molar refractivity (Wildman–Crippen MR) is 82.3 cm³/mol. The van der Waals surface area contributed by atoms with Crippen LogP contribution in [0.1, 0.15) is 60.4 Å². The summed E-state index contributed by atoms with van der Waals surface area (Å²) in [5, 5.41) is 4.20. The lowest BCUT2D eigenvalue weighted by Crippen LogP contribution is -2.35. The molecule has 1 aliphatic carbocycles. The van der Waals surface area contributed by atoms with E-state index in [1.54, 1.807) is 11.3 Å². The second-order valence-electron chi connectivity index (χ2n) is 5.65. The number of hydrogen-bond donors (Lipinski definition) is 2. The fraction of sp³-hybridized carbons (Fsp3) is 0.600. The van der Waals surface area contributed by atoms with Gasteiger partial charge in [-0.15, -0.1) is 11.3 Å². The Hall–Kier alpha value is -1.36. The van der Waals surface area contributed by atoms with Crippen molar-refractivity contribution in [2.75, 3.05) is 0 Å². The first-order valence-corrected chi connectivity index (χ1v) is 8.31. The van der Waals surface area contributed by atoms with Crippen molar-refractivity contribution in [3.05, 3.63) is 16.8 Å². The van der Waals surface area contributed by atoms with Crippen LogP contribution >= 0.6 is 11.3 Å². The fourth-order valence-electron chi connectivity index (χ4n) is 2.91. The minimum absolute atomic E-state index is 0.0124. The van der Waals surface area contributed by atoms with Crippen LogP contribution in [-0.2, 0) is 0 Å². The number of aromatic amines is 1. The number of hydrogen-bond acceptors (Lipinski definition) is 3. The SMILES string of the molecule is Cc1nc2cc(C(=O)NC3CCCCCCC3)[nH]c2s1. The van der Waals surface area contributed by atoms with Gasteiger partial charge in [-0.05, 0) is 25.8 Å². The average Bonchev–Trinajstić information content (AvgIpc) is 2.89. The van der Waals surface area contributed by atoms with Crippen molar-refractivity contribution in [3.8, 4) is 0 Å². The molecule has 0 saturated heterocycles. The van der Waals surface area contributed by atoms with E-state index >= 15 is 0 Å². The summed E-state index contributed by atoms with van der Waals surface area (Å²) >= 11 is 1.60. The highest BCUT2D eigenvalue weighted by atomic mass is 32.1. The van der Waals surface area contributed by atoms with E-state index in [9.17, 15) is 4.79 Å². The highest BCUT2D eigenvalue weighted by Gasteiger charge is 2.17. The number of carbonyl (C=O) groups is 1. The normalized spacial score (nSPS) is 17.9. The van der Waals surface area contributed by atoms with Gasteiger partial charge in [0.25, 0.3) is 5.91 Å². The van der Waals surface area contributed by atoms with Crippen LogP contribution in [0.2, 0.25) is 0 Å². The van der Waals surface area contributed by atoms with E-state index in [4.69, 9.17) is 0 Å². The standard InChI is InChI=1S/C15H21N3OS/c1-10-16-13-9-12(18-15(13)20-10)14(19)17-11-7-5-3-2-4-6-8-11/h9,11,18H,2-8H2,1H3,(H,17,19). The molecule has 3 rings (SSSR count). The van der Waals surface area contributed by atoms with E-state index in [0.717, 1.165) is 28.2 Å². The van der Waals surface area contributed by atoms with Crippen LogP contribution < -0.4 is 5.32 Å². The first-order chi connectivity index (χ1) is 9.72. The molecule has 4 nitrogen and oxygen atoms in total. The molecule has 1 fully saturated rings. The Labute approximate surface area is 123 Å². The Morgan fingerprint density at radius 1 is 1.30 bits per heavy atom. The Morgan fingerprint density at radius 2 is 2.00 bits per heavy atom. The predicted octanol–water partition coefficient (Wildman–Crippen LogP) is 3.78. The molecule has 108 valence electrons. The molecule has 1 aliphatic rings. The van der Waals surface area contributed by atoms with E-state index < -0.39 is 0 Å². The number of H-pyrrole nitrogens is 1. The van der Waals surface area contributed by atoms with Gasteiger partial charge in [-0.1, -0.05) is 32.1 Å². The summed E-state index contributed by atoms with van der Waals surface area (Å²) in [6, 6.07) is 2.19. The first kappa shape index (κ1) is 13.6. The largest absolute Gasteiger partial charge is 0.348 e. The van der Waals surface area contributed by atoms with Gasteiger partial charge in [-0.3, -0.25) is 4.79 Å². The van der Waals surface area contributed by atoms with Crippen LogP contribution in [-0.4, -0.2) is 21.9 Å². The Balaban J connectivity index is 1.66. The molecule has 2 aromatic heterocycles. The van der Waals surface area contributed by atoms with Crippen LogP contribution in [0.5, 0.6) is 0 Å². The molecule has 2 aromatic rings. The van der Waals surface area contributed by atoms with Crippen molar-refractivity contribution >= 4 is 27.6 Å². The third kappa shape index (κ3) is 3.03. The lowest BCUT2D eigenvalue weighted by molar-refractivity contribution is 0.0926. The maximum absolute atomic E-state index is 12.3. The molecule has 0 spiro atoms. The van der Waals surface area contributed by atoms with Crippen molar-refractivity contribution in [1.29, 1.82) is 0 Å². The lowest BCUT2D eigenvalue weighted by atomic mass is 9.96. The van der Waals surface area contributed by atoms with E-state index in [-0.39, 0.29) is 5.91 Å². The van der Waals surface area contributed by atoms with Gasteiger partial charge in [0.1, 0.15) is 16.0 Å². The van der Waals surface area contributed by atoms with Crippen molar-refractivity contribution in [2.24, 2.45) is 0 Å². The molecule has 5 heteroatoms. The molecule has 1 amide bonds. The highest BCUT2D eigenvalue weighted by Crippen LogP contribution is 2.22. The summed E-state index contributed by atoms with van der Waals surface area (Å²) in [4.78, 5) is 20.9. The average molecular weight is 291 g/mol. The summed E-state index contributed by atoms with van der Waals surface area (Å²) < 4.78 is 0. The number of nitrogens with one attached hydrogen (secondary N) is 2.